The number of rotatable bonds is 5. The Kier molecular flexibility index (Phi) is 5.52. The SMILES string of the molecule is CNC(=O)c1cn(CC2(O)CCN(S(=O)(=O)c3ccccc3Cl)CC2)nn1. The van der Waals surface area contributed by atoms with Gasteiger partial charge in [0.1, 0.15) is 4.90 Å². The van der Waals surface area contributed by atoms with Crippen molar-refractivity contribution < 1.29 is 18.3 Å². The molecule has 1 saturated heterocycles. The number of hydrogen-bond donors (Lipinski definition) is 2. The molecule has 146 valence electrons. The van der Waals surface area contributed by atoms with Crippen LogP contribution in [0.3, 0.4) is 0 Å². The first-order chi connectivity index (χ1) is 12.7. The first-order valence-corrected chi connectivity index (χ1v) is 10.2. The van der Waals surface area contributed by atoms with Gasteiger partial charge in [-0.25, -0.2) is 13.1 Å². The molecular formula is C16H20ClN5O4S. The molecule has 2 heterocycles. The number of sulfonamides is 1. The molecular weight excluding hydrogens is 394 g/mol. The molecule has 2 aromatic rings. The summed E-state index contributed by atoms with van der Waals surface area (Å²) in [5, 5.41) is 21.0. The average molecular weight is 414 g/mol. The maximum atomic E-state index is 12.8. The minimum absolute atomic E-state index is 0.0589. The predicted molar refractivity (Wildman–Crippen MR) is 97.8 cm³/mol. The highest BCUT2D eigenvalue weighted by Gasteiger charge is 2.38. The second-order valence-electron chi connectivity index (χ2n) is 6.44. The maximum Gasteiger partial charge on any atom is 0.273 e. The van der Waals surface area contributed by atoms with Crippen LogP contribution in [0, 0.1) is 0 Å². The third-order valence-corrected chi connectivity index (χ3v) is 6.96. The van der Waals surface area contributed by atoms with E-state index in [4.69, 9.17) is 11.6 Å². The Morgan fingerprint density at radius 2 is 2.00 bits per heavy atom. The Morgan fingerprint density at radius 1 is 1.33 bits per heavy atom. The normalized spacial score (nSPS) is 17.6. The van der Waals surface area contributed by atoms with Crippen molar-refractivity contribution in [2.75, 3.05) is 20.1 Å². The third kappa shape index (κ3) is 4.13. The number of aromatic nitrogens is 3. The number of carbonyl (C=O) groups is 1. The fraction of sp³-hybridized carbons (Fsp3) is 0.438. The highest BCUT2D eigenvalue weighted by molar-refractivity contribution is 7.89. The Bertz CT molecular complexity index is 938. The van der Waals surface area contributed by atoms with Gasteiger partial charge < -0.3 is 10.4 Å². The number of nitrogens with one attached hydrogen (secondary N) is 1. The maximum absolute atomic E-state index is 12.8. The zero-order chi connectivity index (χ0) is 19.7. The second kappa shape index (κ2) is 7.55. The fourth-order valence-electron chi connectivity index (χ4n) is 3.00. The van der Waals surface area contributed by atoms with E-state index in [1.54, 1.807) is 12.1 Å². The number of halogens is 1. The molecule has 1 amide bonds. The Labute approximate surface area is 162 Å². The smallest absolute Gasteiger partial charge is 0.273 e. The lowest BCUT2D eigenvalue weighted by Crippen LogP contribution is -2.48. The van der Waals surface area contributed by atoms with Gasteiger partial charge >= 0.3 is 0 Å². The van der Waals surface area contributed by atoms with Crippen molar-refractivity contribution in [3.63, 3.8) is 0 Å². The molecule has 27 heavy (non-hydrogen) atoms. The molecule has 11 heteroatoms. The van der Waals surface area contributed by atoms with Crippen molar-refractivity contribution in [2.24, 2.45) is 0 Å². The first-order valence-electron chi connectivity index (χ1n) is 8.34. The lowest BCUT2D eigenvalue weighted by atomic mass is 9.92. The molecule has 1 aliphatic heterocycles. The molecule has 1 aromatic heterocycles. The van der Waals surface area contributed by atoms with E-state index in [1.165, 1.54) is 34.4 Å². The van der Waals surface area contributed by atoms with Crippen LogP contribution in [-0.4, -0.2) is 64.5 Å². The minimum atomic E-state index is -3.72. The molecule has 2 N–H and O–H groups in total. The van der Waals surface area contributed by atoms with Crippen LogP contribution < -0.4 is 5.32 Å². The van der Waals surface area contributed by atoms with E-state index in [9.17, 15) is 18.3 Å². The van der Waals surface area contributed by atoms with E-state index in [0.29, 0.717) is 0 Å². The summed E-state index contributed by atoms with van der Waals surface area (Å²) in [5.41, 5.74) is -0.986. The summed E-state index contributed by atoms with van der Waals surface area (Å²) >= 11 is 6.02. The molecule has 0 radical (unpaired) electrons. The standard InChI is InChI=1S/C16H20ClN5O4S/c1-18-15(23)13-10-21(20-19-13)11-16(24)6-8-22(9-7-16)27(25,26)14-5-3-2-4-12(14)17/h2-5,10,24H,6-9,11H2,1H3,(H,18,23). The number of hydrogen-bond acceptors (Lipinski definition) is 6. The zero-order valence-electron chi connectivity index (χ0n) is 14.7. The van der Waals surface area contributed by atoms with Crippen molar-refractivity contribution >= 4 is 27.5 Å². The number of aliphatic hydroxyl groups is 1. The monoisotopic (exact) mass is 413 g/mol. The van der Waals surface area contributed by atoms with Crippen molar-refractivity contribution in [2.45, 2.75) is 29.9 Å². The zero-order valence-corrected chi connectivity index (χ0v) is 16.2. The first kappa shape index (κ1) is 19.7. The molecule has 0 atom stereocenters. The molecule has 0 saturated carbocycles. The van der Waals surface area contributed by atoms with Crippen LogP contribution in [0.1, 0.15) is 23.3 Å². The van der Waals surface area contributed by atoms with Crippen molar-refractivity contribution in [1.82, 2.24) is 24.6 Å². The van der Waals surface area contributed by atoms with Crippen LogP contribution in [0.25, 0.3) is 0 Å². The second-order valence-corrected chi connectivity index (χ2v) is 8.75. The van der Waals surface area contributed by atoms with Gasteiger partial charge in [-0.1, -0.05) is 28.9 Å². The van der Waals surface area contributed by atoms with Gasteiger partial charge in [-0.3, -0.25) is 4.79 Å². The van der Waals surface area contributed by atoms with Gasteiger partial charge in [0.15, 0.2) is 5.69 Å². The lowest BCUT2D eigenvalue weighted by molar-refractivity contribution is -0.0224. The summed E-state index contributed by atoms with van der Waals surface area (Å²) in [6.45, 7) is 0.430. The third-order valence-electron chi connectivity index (χ3n) is 4.56. The van der Waals surface area contributed by atoms with E-state index in [0.717, 1.165) is 0 Å². The van der Waals surface area contributed by atoms with Gasteiger partial charge in [0.2, 0.25) is 10.0 Å². The summed E-state index contributed by atoms with van der Waals surface area (Å²) in [6.07, 6.45) is 1.90. The molecule has 0 spiro atoms. The number of benzene rings is 1. The quantitative estimate of drug-likeness (QED) is 0.737. The predicted octanol–water partition coefficient (Wildman–Crippen LogP) is 0.507. The minimum Gasteiger partial charge on any atom is -0.388 e. The summed E-state index contributed by atoms with van der Waals surface area (Å²) in [7, 11) is -2.23. The molecule has 0 unspecified atom stereocenters. The van der Waals surface area contributed by atoms with Gasteiger partial charge in [-0.15, -0.1) is 5.10 Å². The van der Waals surface area contributed by atoms with Crippen molar-refractivity contribution in [1.29, 1.82) is 0 Å². The highest BCUT2D eigenvalue weighted by Crippen LogP contribution is 2.30. The summed E-state index contributed by atoms with van der Waals surface area (Å²) in [5.74, 6) is -0.367. The largest absolute Gasteiger partial charge is 0.388 e. The number of nitrogens with zero attached hydrogens (tertiary/aromatic N) is 4. The number of amides is 1. The van der Waals surface area contributed by atoms with Gasteiger partial charge in [-0.05, 0) is 25.0 Å². The van der Waals surface area contributed by atoms with Gasteiger partial charge in [0.25, 0.3) is 5.91 Å². The number of piperidine rings is 1. The van der Waals surface area contributed by atoms with Crippen LogP contribution in [0.5, 0.6) is 0 Å². The Balaban J connectivity index is 1.68. The van der Waals surface area contributed by atoms with Gasteiger partial charge in [0, 0.05) is 20.1 Å². The molecule has 9 nitrogen and oxygen atoms in total. The Hall–Kier alpha value is -2.01. The molecule has 1 aliphatic rings. The summed E-state index contributed by atoms with van der Waals surface area (Å²) in [4.78, 5) is 11.6. The van der Waals surface area contributed by atoms with Crippen LogP contribution in [0.2, 0.25) is 5.02 Å². The molecule has 3 rings (SSSR count). The molecule has 1 fully saturated rings. The summed E-state index contributed by atoms with van der Waals surface area (Å²) in [6, 6.07) is 6.28. The molecule has 1 aromatic carbocycles. The van der Waals surface area contributed by atoms with Crippen LogP contribution >= 0.6 is 11.6 Å². The van der Waals surface area contributed by atoms with Crippen molar-refractivity contribution in [3.05, 3.63) is 41.2 Å². The van der Waals surface area contributed by atoms with Crippen LogP contribution in [0.4, 0.5) is 0 Å². The van der Waals surface area contributed by atoms with E-state index in [1.807, 2.05) is 0 Å². The van der Waals surface area contributed by atoms with E-state index < -0.39 is 15.6 Å². The average Bonchev–Trinajstić information content (AvgIpc) is 3.09. The molecule has 0 bridgehead atoms. The molecule has 0 aliphatic carbocycles. The Morgan fingerprint density at radius 3 is 2.63 bits per heavy atom. The van der Waals surface area contributed by atoms with Crippen LogP contribution in [0.15, 0.2) is 35.4 Å². The highest BCUT2D eigenvalue weighted by atomic mass is 35.5. The number of carbonyl (C=O) groups excluding carboxylic acids is 1. The fourth-order valence-corrected chi connectivity index (χ4v) is 4.94. The van der Waals surface area contributed by atoms with E-state index in [-0.39, 0.29) is 54.0 Å². The summed E-state index contributed by atoms with van der Waals surface area (Å²) < 4.78 is 28.3. The topological polar surface area (TPSA) is 117 Å². The van der Waals surface area contributed by atoms with Crippen LogP contribution in [-0.2, 0) is 16.6 Å². The van der Waals surface area contributed by atoms with Gasteiger partial charge in [-0.2, -0.15) is 4.31 Å². The van der Waals surface area contributed by atoms with Gasteiger partial charge in [0.05, 0.1) is 23.4 Å². The lowest BCUT2D eigenvalue weighted by Gasteiger charge is -2.37. The van der Waals surface area contributed by atoms with E-state index >= 15 is 0 Å². The van der Waals surface area contributed by atoms with E-state index in [2.05, 4.69) is 15.6 Å². The van der Waals surface area contributed by atoms with Crippen molar-refractivity contribution in [3.8, 4) is 0 Å².